The molecule has 2 rings (SSSR count). The number of rotatable bonds is 3. The SMILES string of the molecule is Cn1nccc1CNc1ccsc1. The van der Waals surface area contributed by atoms with Gasteiger partial charge in [0.15, 0.2) is 0 Å². The Kier molecular flexibility index (Phi) is 2.31. The molecule has 3 nitrogen and oxygen atoms in total. The Morgan fingerprint density at radius 3 is 3.08 bits per heavy atom. The first-order valence-electron chi connectivity index (χ1n) is 4.09. The Morgan fingerprint density at radius 1 is 1.54 bits per heavy atom. The molecule has 0 unspecified atom stereocenters. The highest BCUT2D eigenvalue weighted by atomic mass is 32.1. The van der Waals surface area contributed by atoms with Crippen LogP contribution in [0.1, 0.15) is 5.69 Å². The minimum atomic E-state index is 0.827. The van der Waals surface area contributed by atoms with E-state index >= 15 is 0 Å². The fraction of sp³-hybridized carbons (Fsp3) is 0.222. The van der Waals surface area contributed by atoms with Gasteiger partial charge in [-0.1, -0.05) is 0 Å². The van der Waals surface area contributed by atoms with Gasteiger partial charge in [-0.05, 0) is 17.5 Å². The lowest BCUT2D eigenvalue weighted by molar-refractivity contribution is 0.720. The molecule has 0 aliphatic heterocycles. The quantitative estimate of drug-likeness (QED) is 0.809. The van der Waals surface area contributed by atoms with Gasteiger partial charge in [-0.15, -0.1) is 0 Å². The maximum absolute atomic E-state index is 4.10. The monoisotopic (exact) mass is 193 g/mol. The Morgan fingerprint density at radius 2 is 2.46 bits per heavy atom. The fourth-order valence-electron chi connectivity index (χ4n) is 1.13. The number of hydrogen-bond acceptors (Lipinski definition) is 3. The maximum atomic E-state index is 4.10. The molecule has 0 atom stereocenters. The van der Waals surface area contributed by atoms with Crippen molar-refractivity contribution in [3.05, 3.63) is 34.8 Å². The Hall–Kier alpha value is -1.29. The summed E-state index contributed by atoms with van der Waals surface area (Å²) in [4.78, 5) is 0. The van der Waals surface area contributed by atoms with E-state index in [4.69, 9.17) is 0 Å². The zero-order valence-electron chi connectivity index (χ0n) is 7.40. The van der Waals surface area contributed by atoms with Gasteiger partial charge in [0.1, 0.15) is 0 Å². The van der Waals surface area contributed by atoms with Crippen molar-refractivity contribution in [1.29, 1.82) is 0 Å². The second kappa shape index (κ2) is 3.62. The van der Waals surface area contributed by atoms with Gasteiger partial charge in [0, 0.05) is 24.3 Å². The van der Waals surface area contributed by atoms with Crippen LogP contribution >= 0.6 is 11.3 Å². The number of aromatic nitrogens is 2. The third-order valence-electron chi connectivity index (χ3n) is 1.92. The average Bonchev–Trinajstić information content (AvgIpc) is 2.72. The lowest BCUT2D eigenvalue weighted by Crippen LogP contribution is -2.04. The van der Waals surface area contributed by atoms with Crippen LogP contribution in [0.3, 0.4) is 0 Å². The summed E-state index contributed by atoms with van der Waals surface area (Å²) < 4.78 is 1.87. The molecule has 0 saturated heterocycles. The molecule has 0 amide bonds. The smallest absolute Gasteiger partial charge is 0.0571 e. The summed E-state index contributed by atoms with van der Waals surface area (Å²) in [6.07, 6.45) is 1.81. The highest BCUT2D eigenvalue weighted by molar-refractivity contribution is 7.08. The molecule has 0 aliphatic carbocycles. The van der Waals surface area contributed by atoms with Crippen molar-refractivity contribution in [2.75, 3.05) is 5.32 Å². The van der Waals surface area contributed by atoms with Gasteiger partial charge in [-0.25, -0.2) is 0 Å². The van der Waals surface area contributed by atoms with Crippen LogP contribution in [0, 0.1) is 0 Å². The predicted molar refractivity (Wildman–Crippen MR) is 54.9 cm³/mol. The summed E-state index contributed by atoms with van der Waals surface area (Å²) in [5.41, 5.74) is 2.36. The minimum absolute atomic E-state index is 0.827. The van der Waals surface area contributed by atoms with Crippen molar-refractivity contribution < 1.29 is 0 Å². The van der Waals surface area contributed by atoms with E-state index in [1.54, 1.807) is 11.3 Å². The van der Waals surface area contributed by atoms with Gasteiger partial charge >= 0.3 is 0 Å². The van der Waals surface area contributed by atoms with Crippen LogP contribution in [0.15, 0.2) is 29.1 Å². The topological polar surface area (TPSA) is 29.9 Å². The standard InChI is InChI=1S/C9H11N3S/c1-12-9(2-4-11-12)6-10-8-3-5-13-7-8/h2-5,7,10H,6H2,1H3. The molecule has 13 heavy (non-hydrogen) atoms. The Labute approximate surface area is 81.0 Å². The predicted octanol–water partition coefficient (Wildman–Crippen LogP) is 2.09. The van der Waals surface area contributed by atoms with Gasteiger partial charge in [0.25, 0.3) is 0 Å². The van der Waals surface area contributed by atoms with E-state index < -0.39 is 0 Å². The summed E-state index contributed by atoms with van der Waals surface area (Å²) in [7, 11) is 1.95. The van der Waals surface area contributed by atoms with Crippen molar-refractivity contribution in [1.82, 2.24) is 9.78 Å². The van der Waals surface area contributed by atoms with Gasteiger partial charge in [-0.3, -0.25) is 4.68 Å². The van der Waals surface area contributed by atoms with Crippen LogP contribution in [0.2, 0.25) is 0 Å². The first-order valence-corrected chi connectivity index (χ1v) is 5.03. The second-order valence-electron chi connectivity index (χ2n) is 2.81. The molecule has 0 saturated carbocycles. The van der Waals surface area contributed by atoms with E-state index in [0.717, 1.165) is 6.54 Å². The van der Waals surface area contributed by atoms with Crippen LogP contribution in [0.25, 0.3) is 0 Å². The summed E-state index contributed by atoms with van der Waals surface area (Å²) in [5.74, 6) is 0. The molecule has 4 heteroatoms. The fourth-order valence-corrected chi connectivity index (χ4v) is 1.74. The molecule has 0 fully saturated rings. The first kappa shape index (κ1) is 8.31. The summed E-state index contributed by atoms with van der Waals surface area (Å²) in [6, 6.07) is 4.08. The molecule has 68 valence electrons. The van der Waals surface area contributed by atoms with Crippen molar-refractivity contribution >= 4 is 17.0 Å². The largest absolute Gasteiger partial charge is 0.379 e. The van der Waals surface area contributed by atoms with Crippen molar-refractivity contribution in [2.24, 2.45) is 7.05 Å². The van der Waals surface area contributed by atoms with Gasteiger partial charge < -0.3 is 5.32 Å². The van der Waals surface area contributed by atoms with Crippen LogP contribution in [0.4, 0.5) is 5.69 Å². The minimum Gasteiger partial charge on any atom is -0.379 e. The molecule has 0 spiro atoms. The Balaban J connectivity index is 1.97. The second-order valence-corrected chi connectivity index (χ2v) is 3.59. The van der Waals surface area contributed by atoms with Crippen LogP contribution in [-0.4, -0.2) is 9.78 Å². The zero-order chi connectivity index (χ0) is 9.10. The molecule has 2 heterocycles. The molecule has 1 N–H and O–H groups in total. The average molecular weight is 193 g/mol. The Bertz CT molecular complexity index is 364. The molecule has 2 aromatic rings. The number of anilines is 1. The van der Waals surface area contributed by atoms with Crippen molar-refractivity contribution in [2.45, 2.75) is 6.54 Å². The van der Waals surface area contributed by atoms with E-state index in [1.807, 2.05) is 24.0 Å². The highest BCUT2D eigenvalue weighted by Gasteiger charge is 1.97. The third kappa shape index (κ3) is 1.89. The lowest BCUT2D eigenvalue weighted by atomic mass is 10.4. The van der Waals surface area contributed by atoms with Crippen LogP contribution in [0.5, 0.6) is 0 Å². The van der Waals surface area contributed by atoms with Crippen molar-refractivity contribution in [3.8, 4) is 0 Å². The summed E-state index contributed by atoms with van der Waals surface area (Å²) >= 11 is 1.70. The third-order valence-corrected chi connectivity index (χ3v) is 2.60. The van der Waals surface area contributed by atoms with E-state index in [-0.39, 0.29) is 0 Å². The number of nitrogens with zero attached hydrogens (tertiary/aromatic N) is 2. The zero-order valence-corrected chi connectivity index (χ0v) is 8.21. The van der Waals surface area contributed by atoms with E-state index in [2.05, 4.69) is 27.2 Å². The molecule has 2 aromatic heterocycles. The summed E-state index contributed by atoms with van der Waals surface area (Å²) in [6.45, 7) is 0.827. The first-order chi connectivity index (χ1) is 6.36. The maximum Gasteiger partial charge on any atom is 0.0571 e. The molecular weight excluding hydrogens is 182 g/mol. The van der Waals surface area contributed by atoms with E-state index in [1.165, 1.54) is 11.4 Å². The number of nitrogens with one attached hydrogen (secondary N) is 1. The number of aryl methyl sites for hydroxylation is 1. The molecule has 0 aromatic carbocycles. The molecule has 0 radical (unpaired) electrons. The molecule has 0 bridgehead atoms. The van der Waals surface area contributed by atoms with Crippen LogP contribution < -0.4 is 5.32 Å². The summed E-state index contributed by atoms with van der Waals surface area (Å²) in [5, 5.41) is 11.6. The van der Waals surface area contributed by atoms with Gasteiger partial charge in [0.05, 0.1) is 12.2 Å². The van der Waals surface area contributed by atoms with Gasteiger partial charge in [-0.2, -0.15) is 16.4 Å². The molecule has 0 aliphatic rings. The number of hydrogen-bond donors (Lipinski definition) is 1. The molecular formula is C9H11N3S. The van der Waals surface area contributed by atoms with Gasteiger partial charge in [0.2, 0.25) is 0 Å². The van der Waals surface area contributed by atoms with Crippen molar-refractivity contribution in [3.63, 3.8) is 0 Å². The highest BCUT2D eigenvalue weighted by Crippen LogP contribution is 2.12. The lowest BCUT2D eigenvalue weighted by Gasteiger charge is -2.03. The van der Waals surface area contributed by atoms with Crippen LogP contribution in [-0.2, 0) is 13.6 Å². The van der Waals surface area contributed by atoms with E-state index in [9.17, 15) is 0 Å². The number of thiophene rings is 1. The van der Waals surface area contributed by atoms with E-state index in [0.29, 0.717) is 0 Å². The normalized spacial score (nSPS) is 10.2.